The van der Waals surface area contributed by atoms with Crippen LogP contribution in [-0.2, 0) is 9.59 Å². The standard InChI is InChI=1S/C18H17ClN2O3/c1-11-9-13(19)7-8-14(11)20-18(23)17-10-21(12(2)22)15-5-3-4-6-16(15)24-17/h3-9,17H,10H2,1-2H3,(H,20,23)/t17-/m1/s1. The predicted octanol–water partition coefficient (Wildman–Crippen LogP) is 3.40. The van der Waals surface area contributed by atoms with Crippen LogP contribution >= 0.6 is 11.6 Å². The summed E-state index contributed by atoms with van der Waals surface area (Å²) in [7, 11) is 0. The van der Waals surface area contributed by atoms with E-state index in [-0.39, 0.29) is 18.4 Å². The van der Waals surface area contributed by atoms with Crippen molar-refractivity contribution in [2.24, 2.45) is 0 Å². The van der Waals surface area contributed by atoms with Gasteiger partial charge >= 0.3 is 0 Å². The van der Waals surface area contributed by atoms with Crippen molar-refractivity contribution < 1.29 is 14.3 Å². The Balaban J connectivity index is 1.82. The second-order valence-corrected chi connectivity index (χ2v) is 6.09. The third-order valence-electron chi connectivity index (χ3n) is 3.89. The Morgan fingerprint density at radius 3 is 2.71 bits per heavy atom. The van der Waals surface area contributed by atoms with E-state index in [4.69, 9.17) is 16.3 Å². The molecular weight excluding hydrogens is 328 g/mol. The molecule has 0 fully saturated rings. The van der Waals surface area contributed by atoms with Gasteiger partial charge in [-0.3, -0.25) is 9.59 Å². The summed E-state index contributed by atoms with van der Waals surface area (Å²) in [5.41, 5.74) is 2.20. The number of amides is 2. The van der Waals surface area contributed by atoms with Crippen LogP contribution in [0.5, 0.6) is 5.75 Å². The molecule has 6 heteroatoms. The van der Waals surface area contributed by atoms with Gasteiger partial charge in [-0.2, -0.15) is 0 Å². The molecule has 24 heavy (non-hydrogen) atoms. The lowest BCUT2D eigenvalue weighted by Gasteiger charge is -2.33. The van der Waals surface area contributed by atoms with E-state index >= 15 is 0 Å². The molecule has 0 aromatic heterocycles. The molecule has 0 aliphatic carbocycles. The first-order valence-electron chi connectivity index (χ1n) is 7.56. The van der Waals surface area contributed by atoms with E-state index in [2.05, 4.69) is 5.32 Å². The van der Waals surface area contributed by atoms with Crippen LogP contribution < -0.4 is 15.0 Å². The Labute approximate surface area is 145 Å². The highest BCUT2D eigenvalue weighted by atomic mass is 35.5. The Bertz CT molecular complexity index is 807. The van der Waals surface area contributed by atoms with E-state index in [0.29, 0.717) is 22.1 Å². The molecule has 0 unspecified atom stereocenters. The molecule has 0 saturated heterocycles. The maximum Gasteiger partial charge on any atom is 0.267 e. The molecule has 1 atom stereocenters. The number of halogens is 1. The topological polar surface area (TPSA) is 58.6 Å². The van der Waals surface area contributed by atoms with Gasteiger partial charge < -0.3 is 15.0 Å². The minimum Gasteiger partial charge on any atom is -0.476 e. The summed E-state index contributed by atoms with van der Waals surface area (Å²) in [6, 6.07) is 12.4. The van der Waals surface area contributed by atoms with Gasteiger partial charge in [-0.15, -0.1) is 0 Å². The van der Waals surface area contributed by atoms with Crippen molar-refractivity contribution in [2.45, 2.75) is 20.0 Å². The van der Waals surface area contributed by atoms with E-state index in [1.54, 1.807) is 41.3 Å². The minimum absolute atomic E-state index is 0.133. The SMILES string of the molecule is CC(=O)N1C[C@H](C(=O)Nc2ccc(Cl)cc2C)Oc2ccccc21. The van der Waals surface area contributed by atoms with Gasteiger partial charge in [0.15, 0.2) is 6.10 Å². The molecule has 0 bridgehead atoms. The average Bonchev–Trinajstić information content (AvgIpc) is 2.56. The summed E-state index contributed by atoms with van der Waals surface area (Å²) in [6.07, 6.45) is -0.779. The number of carbonyl (C=O) groups excluding carboxylic acids is 2. The first-order chi connectivity index (χ1) is 11.5. The van der Waals surface area contributed by atoms with Gasteiger partial charge in [0.1, 0.15) is 5.75 Å². The summed E-state index contributed by atoms with van der Waals surface area (Å²) in [6.45, 7) is 3.51. The highest BCUT2D eigenvalue weighted by Crippen LogP contribution is 2.33. The molecule has 1 aliphatic rings. The summed E-state index contributed by atoms with van der Waals surface area (Å²) >= 11 is 5.93. The minimum atomic E-state index is -0.779. The van der Waals surface area contributed by atoms with Crippen molar-refractivity contribution >= 4 is 34.8 Å². The Hall–Kier alpha value is -2.53. The van der Waals surface area contributed by atoms with Crippen LogP contribution in [-0.4, -0.2) is 24.5 Å². The zero-order valence-electron chi connectivity index (χ0n) is 13.4. The lowest BCUT2D eigenvalue weighted by atomic mass is 10.1. The molecule has 2 aromatic carbocycles. The lowest BCUT2D eigenvalue weighted by Crippen LogP contribution is -2.48. The molecule has 5 nitrogen and oxygen atoms in total. The number of rotatable bonds is 2. The van der Waals surface area contributed by atoms with Crippen molar-refractivity contribution in [3.05, 3.63) is 53.1 Å². The summed E-state index contributed by atoms with van der Waals surface area (Å²) < 4.78 is 5.78. The molecule has 2 aromatic rings. The van der Waals surface area contributed by atoms with Crippen molar-refractivity contribution in [1.29, 1.82) is 0 Å². The predicted molar refractivity (Wildman–Crippen MR) is 93.7 cm³/mol. The van der Waals surface area contributed by atoms with E-state index in [0.717, 1.165) is 5.56 Å². The number of nitrogens with zero attached hydrogens (tertiary/aromatic N) is 1. The zero-order valence-corrected chi connectivity index (χ0v) is 14.1. The molecule has 1 heterocycles. The van der Waals surface area contributed by atoms with Gasteiger partial charge in [0.05, 0.1) is 12.2 Å². The first-order valence-corrected chi connectivity index (χ1v) is 7.94. The third-order valence-corrected chi connectivity index (χ3v) is 4.13. The van der Waals surface area contributed by atoms with Gasteiger partial charge in [-0.1, -0.05) is 23.7 Å². The van der Waals surface area contributed by atoms with Crippen LogP contribution in [0.15, 0.2) is 42.5 Å². The van der Waals surface area contributed by atoms with Crippen LogP contribution in [0.2, 0.25) is 5.02 Å². The quantitative estimate of drug-likeness (QED) is 0.908. The third kappa shape index (κ3) is 3.21. The largest absolute Gasteiger partial charge is 0.476 e. The molecular formula is C18H17ClN2O3. The number of para-hydroxylation sites is 2. The maximum atomic E-state index is 12.6. The number of carbonyl (C=O) groups is 2. The lowest BCUT2D eigenvalue weighted by molar-refractivity contribution is -0.123. The van der Waals surface area contributed by atoms with Crippen LogP contribution in [0.25, 0.3) is 0 Å². The van der Waals surface area contributed by atoms with Crippen LogP contribution in [0.1, 0.15) is 12.5 Å². The molecule has 124 valence electrons. The van der Waals surface area contributed by atoms with E-state index in [1.807, 2.05) is 13.0 Å². The molecule has 0 radical (unpaired) electrons. The number of anilines is 2. The highest BCUT2D eigenvalue weighted by Gasteiger charge is 2.32. The smallest absolute Gasteiger partial charge is 0.267 e. The van der Waals surface area contributed by atoms with E-state index < -0.39 is 6.10 Å². The molecule has 0 spiro atoms. The van der Waals surface area contributed by atoms with Crippen molar-refractivity contribution in [2.75, 3.05) is 16.8 Å². The second-order valence-electron chi connectivity index (χ2n) is 5.65. The summed E-state index contributed by atoms with van der Waals surface area (Å²) in [5, 5.41) is 3.44. The van der Waals surface area contributed by atoms with E-state index in [1.165, 1.54) is 6.92 Å². The molecule has 2 amide bonds. The normalized spacial score (nSPS) is 16.1. The fraction of sp³-hybridized carbons (Fsp3) is 0.222. The fourth-order valence-electron chi connectivity index (χ4n) is 2.65. The van der Waals surface area contributed by atoms with Crippen molar-refractivity contribution in [3.63, 3.8) is 0 Å². The Kier molecular flexibility index (Phi) is 4.44. The molecule has 3 rings (SSSR count). The van der Waals surface area contributed by atoms with Crippen LogP contribution in [0.3, 0.4) is 0 Å². The Morgan fingerprint density at radius 1 is 1.25 bits per heavy atom. The van der Waals surface area contributed by atoms with Gasteiger partial charge in [0.25, 0.3) is 5.91 Å². The molecule has 1 N–H and O–H groups in total. The zero-order chi connectivity index (χ0) is 17.3. The number of nitrogens with one attached hydrogen (secondary N) is 1. The van der Waals surface area contributed by atoms with Gasteiger partial charge in [0, 0.05) is 17.6 Å². The fourth-order valence-corrected chi connectivity index (χ4v) is 2.88. The van der Waals surface area contributed by atoms with Crippen LogP contribution in [0.4, 0.5) is 11.4 Å². The maximum absolute atomic E-state index is 12.6. The Morgan fingerprint density at radius 2 is 2.00 bits per heavy atom. The second kappa shape index (κ2) is 6.53. The van der Waals surface area contributed by atoms with Gasteiger partial charge in [0.2, 0.25) is 5.91 Å². The molecule has 0 saturated carbocycles. The summed E-state index contributed by atoms with van der Waals surface area (Å²) in [5.74, 6) is 0.0827. The average molecular weight is 345 g/mol. The number of hydrogen-bond donors (Lipinski definition) is 1. The van der Waals surface area contributed by atoms with Gasteiger partial charge in [-0.25, -0.2) is 0 Å². The highest BCUT2D eigenvalue weighted by molar-refractivity contribution is 6.30. The first kappa shape index (κ1) is 16.3. The molecule has 1 aliphatic heterocycles. The number of aryl methyl sites for hydroxylation is 1. The number of ether oxygens (including phenoxy) is 1. The van der Waals surface area contributed by atoms with Crippen molar-refractivity contribution in [3.8, 4) is 5.75 Å². The summed E-state index contributed by atoms with van der Waals surface area (Å²) in [4.78, 5) is 26.0. The van der Waals surface area contributed by atoms with E-state index in [9.17, 15) is 9.59 Å². The number of hydrogen-bond acceptors (Lipinski definition) is 3. The monoisotopic (exact) mass is 344 g/mol. The van der Waals surface area contributed by atoms with Gasteiger partial charge in [-0.05, 0) is 42.8 Å². The number of benzene rings is 2. The number of fused-ring (bicyclic) bond motifs is 1. The van der Waals surface area contributed by atoms with Crippen LogP contribution in [0, 0.1) is 6.92 Å². The van der Waals surface area contributed by atoms with Crippen molar-refractivity contribution in [1.82, 2.24) is 0 Å².